The molecule has 0 bridgehead atoms. The van der Waals surface area contributed by atoms with Gasteiger partial charge in [-0.05, 0) is 37.5 Å². The molecule has 2 atom stereocenters. The lowest BCUT2D eigenvalue weighted by molar-refractivity contribution is -0.130. The van der Waals surface area contributed by atoms with Crippen molar-refractivity contribution < 1.29 is 14.3 Å². The average Bonchev–Trinajstić information content (AvgIpc) is 2.87. The summed E-state index contributed by atoms with van der Waals surface area (Å²) in [5.74, 6) is 0.0663. The van der Waals surface area contributed by atoms with E-state index in [-0.39, 0.29) is 23.7 Å². The van der Waals surface area contributed by atoms with Gasteiger partial charge in [0.15, 0.2) is 0 Å². The maximum absolute atomic E-state index is 12.8. The Morgan fingerprint density at radius 1 is 1.47 bits per heavy atom. The Balaban J connectivity index is 1.80. The molecule has 19 heavy (non-hydrogen) atoms. The molecule has 1 heterocycles. The molecule has 1 saturated heterocycles. The second-order valence-corrected chi connectivity index (χ2v) is 5.26. The zero-order valence-electron chi connectivity index (χ0n) is 11.2. The van der Waals surface area contributed by atoms with E-state index in [4.69, 9.17) is 0 Å². The summed E-state index contributed by atoms with van der Waals surface area (Å²) < 4.78 is 12.8. The minimum Gasteiger partial charge on any atom is -0.393 e. The third-order valence-corrected chi connectivity index (χ3v) is 3.80. The van der Waals surface area contributed by atoms with Gasteiger partial charge >= 0.3 is 0 Å². The lowest BCUT2D eigenvalue weighted by Crippen LogP contribution is -2.30. The number of carbonyl (C=O) groups excluding carboxylic acids is 1. The van der Waals surface area contributed by atoms with Gasteiger partial charge in [-0.2, -0.15) is 0 Å². The fourth-order valence-electron chi connectivity index (χ4n) is 2.47. The molecule has 1 aliphatic heterocycles. The standard InChI is InChI=1S/C15H20FNO2/c1-11(18)13-8-9-17(10-13)15(19)7-4-12-2-5-14(16)6-3-12/h2-3,5-6,11,13,18H,4,7-10H2,1H3. The number of hydrogen-bond acceptors (Lipinski definition) is 2. The highest BCUT2D eigenvalue weighted by atomic mass is 19.1. The third kappa shape index (κ3) is 3.77. The highest BCUT2D eigenvalue weighted by molar-refractivity contribution is 5.76. The fourth-order valence-corrected chi connectivity index (χ4v) is 2.47. The molecule has 0 spiro atoms. The van der Waals surface area contributed by atoms with Crippen molar-refractivity contribution in [3.05, 3.63) is 35.6 Å². The lowest BCUT2D eigenvalue weighted by atomic mass is 10.0. The van der Waals surface area contributed by atoms with Gasteiger partial charge in [0.05, 0.1) is 6.10 Å². The van der Waals surface area contributed by atoms with Crippen LogP contribution in [0.25, 0.3) is 0 Å². The first-order valence-electron chi connectivity index (χ1n) is 6.76. The Hall–Kier alpha value is -1.42. The van der Waals surface area contributed by atoms with Crippen LogP contribution in [0.1, 0.15) is 25.3 Å². The number of aliphatic hydroxyl groups is 1. The van der Waals surface area contributed by atoms with Crippen molar-refractivity contribution in [3.63, 3.8) is 0 Å². The van der Waals surface area contributed by atoms with E-state index in [1.807, 2.05) is 4.90 Å². The molecule has 4 heteroatoms. The lowest BCUT2D eigenvalue weighted by Gasteiger charge is -2.17. The number of likely N-dealkylation sites (tertiary alicyclic amines) is 1. The van der Waals surface area contributed by atoms with Gasteiger partial charge in [0.1, 0.15) is 5.82 Å². The van der Waals surface area contributed by atoms with E-state index in [1.165, 1.54) is 12.1 Å². The molecule has 0 aliphatic carbocycles. The number of amides is 1. The number of aryl methyl sites for hydroxylation is 1. The van der Waals surface area contributed by atoms with E-state index in [0.717, 1.165) is 18.5 Å². The van der Waals surface area contributed by atoms with Crippen LogP contribution in [-0.4, -0.2) is 35.1 Å². The minimum absolute atomic E-state index is 0.118. The summed E-state index contributed by atoms with van der Waals surface area (Å²) in [6.07, 6.45) is 1.60. The van der Waals surface area contributed by atoms with Crippen molar-refractivity contribution in [2.75, 3.05) is 13.1 Å². The van der Waals surface area contributed by atoms with Gasteiger partial charge in [-0.25, -0.2) is 4.39 Å². The molecule has 1 fully saturated rings. The van der Waals surface area contributed by atoms with Crippen LogP contribution in [0, 0.1) is 11.7 Å². The van der Waals surface area contributed by atoms with Gasteiger partial charge in [-0.1, -0.05) is 12.1 Å². The molecule has 1 amide bonds. The Morgan fingerprint density at radius 2 is 2.16 bits per heavy atom. The Kier molecular flexibility index (Phi) is 4.53. The number of halogens is 1. The first-order valence-corrected chi connectivity index (χ1v) is 6.76. The average molecular weight is 265 g/mol. The first-order chi connectivity index (χ1) is 9.06. The highest BCUT2D eigenvalue weighted by Crippen LogP contribution is 2.20. The van der Waals surface area contributed by atoms with Crippen LogP contribution in [0.15, 0.2) is 24.3 Å². The van der Waals surface area contributed by atoms with Crippen LogP contribution in [0.5, 0.6) is 0 Å². The zero-order chi connectivity index (χ0) is 13.8. The third-order valence-electron chi connectivity index (χ3n) is 3.80. The van der Waals surface area contributed by atoms with Crippen LogP contribution in [-0.2, 0) is 11.2 Å². The predicted molar refractivity (Wildman–Crippen MR) is 71.1 cm³/mol. The van der Waals surface area contributed by atoms with Crippen LogP contribution < -0.4 is 0 Å². The molecular formula is C15H20FNO2. The van der Waals surface area contributed by atoms with Crippen LogP contribution in [0.3, 0.4) is 0 Å². The summed E-state index contributed by atoms with van der Waals surface area (Å²) in [4.78, 5) is 13.8. The normalized spacial score (nSPS) is 20.6. The smallest absolute Gasteiger partial charge is 0.222 e. The molecule has 1 aliphatic rings. The molecule has 1 N–H and O–H groups in total. The van der Waals surface area contributed by atoms with Crippen LogP contribution in [0.4, 0.5) is 4.39 Å². The predicted octanol–water partition coefficient (Wildman–Crippen LogP) is 1.99. The van der Waals surface area contributed by atoms with E-state index in [0.29, 0.717) is 19.4 Å². The molecular weight excluding hydrogens is 245 g/mol. The maximum Gasteiger partial charge on any atom is 0.222 e. The van der Waals surface area contributed by atoms with E-state index < -0.39 is 0 Å². The molecule has 104 valence electrons. The van der Waals surface area contributed by atoms with Crippen molar-refractivity contribution in [2.45, 2.75) is 32.3 Å². The van der Waals surface area contributed by atoms with E-state index in [1.54, 1.807) is 19.1 Å². The number of nitrogens with zero attached hydrogens (tertiary/aromatic N) is 1. The van der Waals surface area contributed by atoms with Gasteiger partial charge in [0.25, 0.3) is 0 Å². The van der Waals surface area contributed by atoms with Crippen molar-refractivity contribution in [1.29, 1.82) is 0 Å². The Morgan fingerprint density at radius 3 is 2.74 bits per heavy atom. The Bertz CT molecular complexity index is 430. The number of hydrogen-bond donors (Lipinski definition) is 1. The van der Waals surface area contributed by atoms with Crippen molar-refractivity contribution in [3.8, 4) is 0 Å². The SMILES string of the molecule is CC(O)C1CCN(C(=O)CCc2ccc(F)cc2)C1. The molecule has 1 aromatic rings. The zero-order valence-corrected chi connectivity index (χ0v) is 11.2. The quantitative estimate of drug-likeness (QED) is 0.904. The van der Waals surface area contributed by atoms with E-state index in [2.05, 4.69) is 0 Å². The fraction of sp³-hybridized carbons (Fsp3) is 0.533. The van der Waals surface area contributed by atoms with Gasteiger partial charge in [0.2, 0.25) is 5.91 Å². The molecule has 2 unspecified atom stereocenters. The van der Waals surface area contributed by atoms with Gasteiger partial charge in [0, 0.05) is 25.4 Å². The number of carbonyl (C=O) groups is 1. The second-order valence-electron chi connectivity index (χ2n) is 5.26. The summed E-state index contributed by atoms with van der Waals surface area (Å²) >= 11 is 0. The summed E-state index contributed by atoms with van der Waals surface area (Å²) in [6, 6.07) is 6.26. The molecule has 3 nitrogen and oxygen atoms in total. The van der Waals surface area contributed by atoms with Crippen molar-refractivity contribution in [2.24, 2.45) is 5.92 Å². The second kappa shape index (κ2) is 6.15. The number of aliphatic hydroxyl groups excluding tert-OH is 1. The van der Waals surface area contributed by atoms with E-state index >= 15 is 0 Å². The Labute approximate surface area is 113 Å². The monoisotopic (exact) mass is 265 g/mol. The van der Waals surface area contributed by atoms with Gasteiger partial charge in [-0.3, -0.25) is 4.79 Å². The van der Waals surface area contributed by atoms with Crippen molar-refractivity contribution in [1.82, 2.24) is 4.90 Å². The summed E-state index contributed by atoms with van der Waals surface area (Å²) in [6.45, 7) is 3.16. The number of benzene rings is 1. The summed E-state index contributed by atoms with van der Waals surface area (Å²) in [7, 11) is 0. The minimum atomic E-state index is -0.352. The molecule has 0 saturated carbocycles. The summed E-state index contributed by atoms with van der Waals surface area (Å²) in [5.41, 5.74) is 0.973. The molecule has 0 aromatic heterocycles. The largest absolute Gasteiger partial charge is 0.393 e. The highest BCUT2D eigenvalue weighted by Gasteiger charge is 2.28. The van der Waals surface area contributed by atoms with Crippen LogP contribution >= 0.6 is 0 Å². The van der Waals surface area contributed by atoms with Gasteiger partial charge in [-0.15, -0.1) is 0 Å². The number of rotatable bonds is 4. The topological polar surface area (TPSA) is 40.5 Å². The van der Waals surface area contributed by atoms with Gasteiger partial charge < -0.3 is 10.0 Å². The molecule has 0 radical (unpaired) electrons. The maximum atomic E-state index is 12.8. The molecule has 1 aromatic carbocycles. The van der Waals surface area contributed by atoms with Crippen molar-refractivity contribution >= 4 is 5.91 Å². The van der Waals surface area contributed by atoms with Crippen LogP contribution in [0.2, 0.25) is 0 Å². The first kappa shape index (κ1) is 14.0. The molecule has 2 rings (SSSR count). The summed E-state index contributed by atoms with van der Waals surface area (Å²) in [5, 5.41) is 9.51. The van der Waals surface area contributed by atoms with E-state index in [9.17, 15) is 14.3 Å².